The summed E-state index contributed by atoms with van der Waals surface area (Å²) in [4.78, 5) is -0.303. The fourth-order valence-electron chi connectivity index (χ4n) is 1.12. The number of sulfonamides is 1. The molecule has 0 aliphatic rings. The Labute approximate surface area is 103 Å². The largest absolute Gasteiger partial charge is 0.398 e. The number of anilines is 1. The van der Waals surface area contributed by atoms with E-state index in [-0.39, 0.29) is 15.6 Å². The van der Waals surface area contributed by atoms with E-state index in [0.717, 1.165) is 6.07 Å². The zero-order valence-corrected chi connectivity index (χ0v) is 10.4. The maximum absolute atomic E-state index is 11.9. The molecule has 0 unspecified atom stereocenters. The number of halogens is 3. The lowest BCUT2D eigenvalue weighted by Crippen LogP contribution is -2.29. The minimum atomic E-state index is -4.07. The van der Waals surface area contributed by atoms with Crippen LogP contribution < -0.4 is 10.5 Å². The van der Waals surface area contributed by atoms with Crippen molar-refractivity contribution in [2.75, 3.05) is 12.3 Å². The monoisotopic (exact) mass is 284 g/mol. The normalized spacial score (nSPS) is 12.1. The van der Waals surface area contributed by atoms with Gasteiger partial charge < -0.3 is 5.73 Å². The highest BCUT2D eigenvalue weighted by molar-refractivity contribution is 7.89. The van der Waals surface area contributed by atoms with Gasteiger partial charge in [0.15, 0.2) is 0 Å². The van der Waals surface area contributed by atoms with E-state index in [4.69, 9.17) is 17.3 Å². The SMILES string of the molecule is Cc1cc(Cl)c(S(=O)(=O)NCC(F)F)cc1N. The molecule has 0 saturated heterocycles. The first kappa shape index (κ1) is 14.1. The molecule has 1 rings (SSSR count). The van der Waals surface area contributed by atoms with Gasteiger partial charge in [0, 0.05) is 5.69 Å². The summed E-state index contributed by atoms with van der Waals surface area (Å²) >= 11 is 5.74. The van der Waals surface area contributed by atoms with Crippen LogP contribution in [0.4, 0.5) is 14.5 Å². The lowest BCUT2D eigenvalue weighted by molar-refractivity contribution is 0.153. The van der Waals surface area contributed by atoms with Gasteiger partial charge in [0.05, 0.1) is 11.6 Å². The fourth-order valence-corrected chi connectivity index (χ4v) is 2.75. The number of rotatable bonds is 4. The smallest absolute Gasteiger partial charge is 0.251 e. The van der Waals surface area contributed by atoms with Gasteiger partial charge in [-0.25, -0.2) is 21.9 Å². The molecule has 0 radical (unpaired) electrons. The summed E-state index contributed by atoms with van der Waals surface area (Å²) in [5.41, 5.74) is 6.39. The van der Waals surface area contributed by atoms with Crippen LogP contribution in [0.3, 0.4) is 0 Å². The number of hydrogen-bond acceptors (Lipinski definition) is 3. The van der Waals surface area contributed by atoms with Gasteiger partial charge in [-0.15, -0.1) is 0 Å². The molecular formula is C9H11ClF2N2O2S. The van der Waals surface area contributed by atoms with Crippen LogP contribution in [-0.4, -0.2) is 21.4 Å². The third-order valence-electron chi connectivity index (χ3n) is 2.04. The van der Waals surface area contributed by atoms with Crippen molar-refractivity contribution >= 4 is 27.3 Å². The van der Waals surface area contributed by atoms with E-state index in [1.165, 1.54) is 6.07 Å². The Bertz CT molecular complexity index is 520. The molecule has 0 aliphatic heterocycles. The van der Waals surface area contributed by atoms with Gasteiger partial charge in [-0.05, 0) is 24.6 Å². The van der Waals surface area contributed by atoms with Crippen LogP contribution in [0.5, 0.6) is 0 Å². The predicted octanol–water partition coefficient (Wildman–Crippen LogP) is 1.77. The van der Waals surface area contributed by atoms with Crippen molar-refractivity contribution in [2.24, 2.45) is 0 Å². The van der Waals surface area contributed by atoms with Gasteiger partial charge in [0.25, 0.3) is 6.43 Å². The lowest BCUT2D eigenvalue weighted by atomic mass is 10.2. The van der Waals surface area contributed by atoms with Crippen molar-refractivity contribution in [3.63, 3.8) is 0 Å². The Morgan fingerprint density at radius 3 is 2.59 bits per heavy atom. The summed E-state index contributed by atoms with van der Waals surface area (Å²) in [6, 6.07) is 2.51. The van der Waals surface area contributed by atoms with Crippen molar-refractivity contribution < 1.29 is 17.2 Å². The number of nitrogens with two attached hydrogens (primary N) is 1. The molecule has 8 heteroatoms. The third-order valence-corrected chi connectivity index (χ3v) is 3.93. The Morgan fingerprint density at radius 1 is 1.47 bits per heavy atom. The van der Waals surface area contributed by atoms with E-state index >= 15 is 0 Å². The van der Waals surface area contributed by atoms with E-state index in [1.807, 2.05) is 0 Å². The second-order valence-electron chi connectivity index (χ2n) is 3.38. The molecular weight excluding hydrogens is 274 g/mol. The molecule has 1 aromatic carbocycles. The number of aryl methyl sites for hydroxylation is 1. The van der Waals surface area contributed by atoms with Crippen LogP contribution >= 0.6 is 11.6 Å². The second-order valence-corrected chi connectivity index (χ2v) is 5.52. The van der Waals surface area contributed by atoms with E-state index in [9.17, 15) is 17.2 Å². The first-order valence-corrected chi connectivity index (χ1v) is 6.43. The number of benzene rings is 1. The van der Waals surface area contributed by atoms with Crippen molar-refractivity contribution in [3.8, 4) is 0 Å². The Morgan fingerprint density at radius 2 is 2.06 bits per heavy atom. The average Bonchev–Trinajstić information content (AvgIpc) is 2.20. The average molecular weight is 285 g/mol. The molecule has 0 atom stereocenters. The van der Waals surface area contributed by atoms with Gasteiger partial charge in [-0.2, -0.15) is 0 Å². The van der Waals surface area contributed by atoms with Crippen LogP contribution in [0.2, 0.25) is 5.02 Å². The van der Waals surface area contributed by atoms with E-state index in [2.05, 4.69) is 0 Å². The molecule has 0 aliphatic carbocycles. The first-order chi connectivity index (χ1) is 7.74. The van der Waals surface area contributed by atoms with Crippen molar-refractivity contribution in [2.45, 2.75) is 18.2 Å². The zero-order valence-electron chi connectivity index (χ0n) is 8.88. The van der Waals surface area contributed by atoms with Gasteiger partial charge in [0.2, 0.25) is 10.0 Å². The van der Waals surface area contributed by atoms with Gasteiger partial charge in [-0.3, -0.25) is 0 Å². The maximum atomic E-state index is 11.9. The van der Waals surface area contributed by atoms with Crippen molar-refractivity contribution in [3.05, 3.63) is 22.7 Å². The lowest BCUT2D eigenvalue weighted by Gasteiger charge is -2.10. The molecule has 1 aromatic rings. The third kappa shape index (κ3) is 3.52. The minimum Gasteiger partial charge on any atom is -0.398 e. The van der Waals surface area contributed by atoms with E-state index in [0.29, 0.717) is 5.56 Å². The van der Waals surface area contributed by atoms with Gasteiger partial charge >= 0.3 is 0 Å². The highest BCUT2D eigenvalue weighted by atomic mass is 35.5. The van der Waals surface area contributed by atoms with Crippen molar-refractivity contribution in [1.29, 1.82) is 0 Å². The summed E-state index contributed by atoms with van der Waals surface area (Å²) in [6.45, 7) is 0.691. The molecule has 0 spiro atoms. The molecule has 0 fully saturated rings. The summed E-state index contributed by atoms with van der Waals surface area (Å²) in [7, 11) is -4.07. The second kappa shape index (κ2) is 5.16. The van der Waals surface area contributed by atoms with Gasteiger partial charge in [0.1, 0.15) is 4.90 Å². The van der Waals surface area contributed by atoms with Crippen LogP contribution in [0.1, 0.15) is 5.56 Å². The molecule has 0 heterocycles. The van der Waals surface area contributed by atoms with Crippen molar-refractivity contribution in [1.82, 2.24) is 4.72 Å². The molecule has 4 nitrogen and oxygen atoms in total. The molecule has 0 saturated carbocycles. The molecule has 0 aromatic heterocycles. The van der Waals surface area contributed by atoms with E-state index in [1.54, 1.807) is 11.6 Å². The van der Waals surface area contributed by atoms with Crippen LogP contribution in [0, 0.1) is 6.92 Å². The summed E-state index contributed by atoms with van der Waals surface area (Å²) < 4.78 is 48.9. The molecule has 0 amide bonds. The van der Waals surface area contributed by atoms with E-state index < -0.39 is 23.0 Å². The summed E-state index contributed by atoms with van der Waals surface area (Å²) in [5, 5.41) is -0.0570. The highest BCUT2D eigenvalue weighted by Gasteiger charge is 2.20. The molecule has 96 valence electrons. The Balaban J connectivity index is 3.11. The summed E-state index contributed by atoms with van der Waals surface area (Å²) in [6.07, 6.45) is -2.77. The Hall–Kier alpha value is -0.920. The zero-order chi connectivity index (χ0) is 13.2. The van der Waals surface area contributed by atoms with Crippen LogP contribution in [-0.2, 0) is 10.0 Å². The highest BCUT2D eigenvalue weighted by Crippen LogP contribution is 2.26. The minimum absolute atomic E-state index is 0.0570. The maximum Gasteiger partial charge on any atom is 0.251 e. The number of nitrogens with one attached hydrogen (secondary N) is 1. The molecule has 0 bridgehead atoms. The number of nitrogen functional groups attached to an aromatic ring is 1. The standard InChI is InChI=1S/C9H11ClF2N2O2S/c1-5-2-6(10)8(3-7(5)13)17(15,16)14-4-9(11)12/h2-3,9,14H,4,13H2,1H3. The summed E-state index contributed by atoms with van der Waals surface area (Å²) in [5.74, 6) is 0. The number of alkyl halides is 2. The molecule has 3 N–H and O–H groups in total. The van der Waals surface area contributed by atoms with Crippen LogP contribution in [0.25, 0.3) is 0 Å². The fraction of sp³-hybridized carbons (Fsp3) is 0.333. The number of hydrogen-bond donors (Lipinski definition) is 2. The van der Waals surface area contributed by atoms with Gasteiger partial charge in [-0.1, -0.05) is 11.6 Å². The first-order valence-electron chi connectivity index (χ1n) is 4.57. The predicted molar refractivity (Wildman–Crippen MR) is 61.8 cm³/mol. The van der Waals surface area contributed by atoms with Crippen LogP contribution in [0.15, 0.2) is 17.0 Å². The molecule has 17 heavy (non-hydrogen) atoms. The Kier molecular flexibility index (Phi) is 4.29. The quantitative estimate of drug-likeness (QED) is 0.828. The topological polar surface area (TPSA) is 72.2 Å².